The second-order valence-corrected chi connectivity index (χ2v) is 6.85. The molecule has 1 aliphatic rings. The third kappa shape index (κ3) is 3.46. The second kappa shape index (κ2) is 4.62. The van der Waals surface area contributed by atoms with Crippen LogP contribution in [0.2, 0.25) is 0 Å². The molecule has 0 aliphatic carbocycles. The second-order valence-electron chi connectivity index (χ2n) is 5.86. The van der Waals surface area contributed by atoms with E-state index in [0.717, 1.165) is 23.5 Å². The van der Waals surface area contributed by atoms with Crippen LogP contribution >= 0.6 is 11.8 Å². The Kier molecular flexibility index (Phi) is 3.50. The lowest BCUT2D eigenvalue weighted by atomic mass is 9.79. The van der Waals surface area contributed by atoms with Crippen LogP contribution in [-0.2, 0) is 6.42 Å². The minimum Gasteiger partial charge on any atom is -0.389 e. The summed E-state index contributed by atoms with van der Waals surface area (Å²) in [6, 6.07) is 6.44. The van der Waals surface area contributed by atoms with E-state index in [2.05, 4.69) is 13.8 Å². The number of rotatable bonds is 2. The van der Waals surface area contributed by atoms with Crippen LogP contribution in [0.25, 0.3) is 0 Å². The fourth-order valence-corrected chi connectivity index (χ4v) is 3.95. The highest BCUT2D eigenvalue weighted by molar-refractivity contribution is 7.99. The highest BCUT2D eigenvalue weighted by atomic mass is 32.2. The van der Waals surface area contributed by atoms with Crippen LogP contribution in [0, 0.1) is 11.2 Å². The molecule has 0 amide bonds. The number of thioether (sulfide) groups is 1. The van der Waals surface area contributed by atoms with Gasteiger partial charge in [0.25, 0.3) is 0 Å². The molecule has 1 heterocycles. The Hall–Kier alpha value is -0.540. The van der Waals surface area contributed by atoms with E-state index in [9.17, 15) is 9.50 Å². The summed E-state index contributed by atoms with van der Waals surface area (Å²) in [6.45, 7) is 4.38. The molecular formula is C14H19FOS. The first-order chi connectivity index (χ1) is 7.89. The molecule has 1 atom stereocenters. The number of hydrogen-bond donors (Lipinski definition) is 1. The van der Waals surface area contributed by atoms with Gasteiger partial charge in [-0.25, -0.2) is 4.39 Å². The molecular weight excluding hydrogens is 235 g/mol. The molecule has 1 fully saturated rings. The molecule has 1 aromatic rings. The van der Waals surface area contributed by atoms with Crippen molar-refractivity contribution in [1.29, 1.82) is 0 Å². The van der Waals surface area contributed by atoms with Gasteiger partial charge in [0.05, 0.1) is 5.60 Å². The van der Waals surface area contributed by atoms with Crippen molar-refractivity contribution in [2.75, 3.05) is 11.5 Å². The van der Waals surface area contributed by atoms with Crippen LogP contribution in [0.3, 0.4) is 0 Å². The first-order valence-electron chi connectivity index (χ1n) is 5.93. The fourth-order valence-electron chi connectivity index (χ4n) is 2.61. The lowest BCUT2D eigenvalue weighted by Gasteiger charge is -2.41. The van der Waals surface area contributed by atoms with Crippen LogP contribution in [0.4, 0.5) is 4.39 Å². The van der Waals surface area contributed by atoms with Gasteiger partial charge in [0, 0.05) is 12.2 Å². The summed E-state index contributed by atoms with van der Waals surface area (Å²) in [4.78, 5) is 0. The fraction of sp³-hybridized carbons (Fsp3) is 0.571. The predicted molar refractivity (Wildman–Crippen MR) is 70.8 cm³/mol. The van der Waals surface area contributed by atoms with E-state index in [4.69, 9.17) is 0 Å². The van der Waals surface area contributed by atoms with E-state index < -0.39 is 5.60 Å². The SMILES string of the molecule is CC1(C)CSCC(O)(Cc2ccc(F)cc2)C1. The van der Waals surface area contributed by atoms with E-state index >= 15 is 0 Å². The van der Waals surface area contributed by atoms with Crippen molar-refractivity contribution in [1.82, 2.24) is 0 Å². The minimum absolute atomic E-state index is 0.178. The Morgan fingerprint density at radius 1 is 1.24 bits per heavy atom. The van der Waals surface area contributed by atoms with Crippen LogP contribution in [0.1, 0.15) is 25.8 Å². The van der Waals surface area contributed by atoms with E-state index in [1.165, 1.54) is 12.1 Å². The van der Waals surface area contributed by atoms with Gasteiger partial charge in [-0.15, -0.1) is 0 Å². The summed E-state index contributed by atoms with van der Waals surface area (Å²) >= 11 is 1.81. The van der Waals surface area contributed by atoms with Gasteiger partial charge in [-0.05, 0) is 35.3 Å². The Labute approximate surface area is 106 Å². The first-order valence-corrected chi connectivity index (χ1v) is 7.09. The van der Waals surface area contributed by atoms with Crippen LogP contribution in [0.5, 0.6) is 0 Å². The van der Waals surface area contributed by atoms with Crippen molar-refractivity contribution in [3.05, 3.63) is 35.6 Å². The summed E-state index contributed by atoms with van der Waals surface area (Å²) in [5, 5.41) is 10.6. The van der Waals surface area contributed by atoms with Crippen LogP contribution in [0.15, 0.2) is 24.3 Å². The van der Waals surface area contributed by atoms with Gasteiger partial charge in [0.2, 0.25) is 0 Å². The van der Waals surface area contributed by atoms with Gasteiger partial charge in [-0.2, -0.15) is 11.8 Å². The smallest absolute Gasteiger partial charge is 0.123 e. The summed E-state index contributed by atoms with van der Waals surface area (Å²) in [7, 11) is 0. The molecule has 1 aliphatic heterocycles. The molecule has 0 saturated carbocycles. The molecule has 0 aromatic heterocycles. The molecule has 1 aromatic carbocycles. The number of aliphatic hydroxyl groups is 1. The Balaban J connectivity index is 2.09. The summed E-state index contributed by atoms with van der Waals surface area (Å²) in [6.07, 6.45) is 1.42. The molecule has 0 spiro atoms. The molecule has 17 heavy (non-hydrogen) atoms. The topological polar surface area (TPSA) is 20.2 Å². The lowest BCUT2D eigenvalue weighted by Crippen LogP contribution is -2.44. The standard InChI is InChI=1S/C14H19FOS/c1-13(2)8-14(16,10-17-9-13)7-11-3-5-12(15)6-4-11/h3-6,16H,7-10H2,1-2H3. The van der Waals surface area contributed by atoms with Crippen LogP contribution < -0.4 is 0 Å². The van der Waals surface area contributed by atoms with Crippen molar-refractivity contribution in [3.8, 4) is 0 Å². The number of benzene rings is 1. The average molecular weight is 254 g/mol. The zero-order chi connectivity index (χ0) is 12.5. The third-order valence-electron chi connectivity index (χ3n) is 3.12. The van der Waals surface area contributed by atoms with Gasteiger partial charge < -0.3 is 5.11 Å². The Morgan fingerprint density at radius 3 is 2.47 bits per heavy atom. The summed E-state index contributed by atoms with van der Waals surface area (Å²) in [5.41, 5.74) is 0.536. The van der Waals surface area contributed by atoms with Crippen molar-refractivity contribution in [2.45, 2.75) is 32.3 Å². The molecule has 2 rings (SSSR count). The van der Waals surface area contributed by atoms with Crippen molar-refractivity contribution < 1.29 is 9.50 Å². The normalized spacial score (nSPS) is 28.0. The molecule has 3 heteroatoms. The maximum absolute atomic E-state index is 12.8. The highest BCUT2D eigenvalue weighted by Gasteiger charge is 2.38. The highest BCUT2D eigenvalue weighted by Crippen LogP contribution is 2.40. The van der Waals surface area contributed by atoms with Crippen molar-refractivity contribution in [2.24, 2.45) is 5.41 Å². The van der Waals surface area contributed by atoms with Gasteiger partial charge >= 0.3 is 0 Å². The largest absolute Gasteiger partial charge is 0.389 e. The van der Waals surface area contributed by atoms with Crippen molar-refractivity contribution in [3.63, 3.8) is 0 Å². The quantitative estimate of drug-likeness (QED) is 0.874. The molecule has 1 N–H and O–H groups in total. The molecule has 94 valence electrons. The maximum atomic E-state index is 12.8. The van der Waals surface area contributed by atoms with Crippen molar-refractivity contribution >= 4 is 11.8 Å². The van der Waals surface area contributed by atoms with Gasteiger partial charge in [0.15, 0.2) is 0 Å². The zero-order valence-electron chi connectivity index (χ0n) is 10.4. The first kappa shape index (κ1) is 12.9. The minimum atomic E-state index is -0.649. The van der Waals surface area contributed by atoms with Gasteiger partial charge in [-0.3, -0.25) is 0 Å². The average Bonchev–Trinajstić information content (AvgIpc) is 2.19. The van der Waals surface area contributed by atoms with Gasteiger partial charge in [-0.1, -0.05) is 26.0 Å². The summed E-state index contributed by atoms with van der Waals surface area (Å²) in [5.74, 6) is 1.64. The molecule has 0 radical (unpaired) electrons. The lowest BCUT2D eigenvalue weighted by molar-refractivity contribution is 0.0200. The van der Waals surface area contributed by atoms with Crippen LogP contribution in [-0.4, -0.2) is 22.2 Å². The molecule has 0 bridgehead atoms. The van der Waals surface area contributed by atoms with E-state index in [1.54, 1.807) is 12.1 Å². The van der Waals surface area contributed by atoms with E-state index in [1.807, 2.05) is 11.8 Å². The van der Waals surface area contributed by atoms with Gasteiger partial charge in [0.1, 0.15) is 5.82 Å². The molecule has 1 nitrogen and oxygen atoms in total. The van der Waals surface area contributed by atoms with E-state index in [0.29, 0.717) is 6.42 Å². The predicted octanol–water partition coefficient (Wildman–Crippen LogP) is 3.26. The maximum Gasteiger partial charge on any atom is 0.123 e. The molecule has 1 saturated heterocycles. The number of hydrogen-bond acceptors (Lipinski definition) is 2. The Bertz CT molecular complexity index is 388. The monoisotopic (exact) mass is 254 g/mol. The Morgan fingerprint density at radius 2 is 1.88 bits per heavy atom. The van der Waals surface area contributed by atoms with E-state index in [-0.39, 0.29) is 11.2 Å². The molecule has 1 unspecified atom stereocenters. The summed E-state index contributed by atoms with van der Waals surface area (Å²) < 4.78 is 12.8. The number of halogens is 1. The third-order valence-corrected chi connectivity index (χ3v) is 4.84. The zero-order valence-corrected chi connectivity index (χ0v) is 11.2.